The third-order valence-corrected chi connectivity index (χ3v) is 0. The summed E-state index contributed by atoms with van der Waals surface area (Å²) in [6, 6.07) is 0. The number of hydrogen-bond donors (Lipinski definition) is 0. The summed E-state index contributed by atoms with van der Waals surface area (Å²) in [6.07, 6.45) is 1.35. The zero-order valence-electron chi connectivity index (χ0n) is 4.90. The first kappa shape index (κ1) is 9.91. The summed E-state index contributed by atoms with van der Waals surface area (Å²) in [5.74, 6) is 0. The molecule has 2 heteroatoms. The predicted molar refractivity (Wildman–Crippen MR) is 22.4 cm³/mol. The monoisotopic (exact) mass is 163 g/mol. The van der Waals surface area contributed by atoms with E-state index in [9.17, 15) is 0 Å². The molecule has 0 amide bonds. The van der Waals surface area contributed by atoms with Crippen molar-refractivity contribution in [2.45, 2.75) is 13.8 Å². The molecule has 1 radical (unpaired) electrons. The standard InChI is InChI=1S/C2H3O.C2H5.Y/c1-2-3;1-2;/h1H3;1H2,2H3;/q2*-1;/i1T;;. The third-order valence-electron chi connectivity index (χ3n) is 0. The summed E-state index contributed by atoms with van der Waals surface area (Å²) in [7, 11) is 0. The van der Waals surface area contributed by atoms with Crippen molar-refractivity contribution in [3.8, 4) is 0 Å². The zero-order chi connectivity index (χ0) is 5.41. The Morgan fingerprint density at radius 3 is 2.00 bits per heavy atom. The summed E-state index contributed by atoms with van der Waals surface area (Å²) < 4.78 is 6.03. The Balaban J connectivity index is -0.0000000480. The van der Waals surface area contributed by atoms with Crippen LogP contribution < -0.4 is 0 Å². The molecule has 0 spiro atoms. The average Bonchev–Trinajstić information content (AvgIpc) is 1.72. The normalized spacial score (nSPS) is 5.33. The van der Waals surface area contributed by atoms with Gasteiger partial charge in [-0.15, -0.1) is 0 Å². The quantitative estimate of drug-likeness (QED) is 0.486. The van der Waals surface area contributed by atoms with E-state index in [0.717, 1.165) is 0 Å². The van der Waals surface area contributed by atoms with Gasteiger partial charge in [-0.05, 0) is 1.37 Å². The molecule has 0 rings (SSSR count). The molecule has 0 aromatic rings. The van der Waals surface area contributed by atoms with Gasteiger partial charge < -0.3 is 11.7 Å². The third kappa shape index (κ3) is 114. The summed E-state index contributed by atoms with van der Waals surface area (Å²) in [5, 5.41) is 0. The molecule has 0 aliphatic heterocycles. The van der Waals surface area contributed by atoms with E-state index in [0.29, 0.717) is 0 Å². The Morgan fingerprint density at radius 2 is 2.00 bits per heavy atom. The van der Waals surface area contributed by atoms with Crippen LogP contribution in [0.2, 0.25) is 0 Å². The number of carbonyl (C=O) groups excluding carboxylic acids is 1. The fraction of sp³-hybridized carbons (Fsp3) is 0.500. The minimum absolute atomic E-state index is 0. The van der Waals surface area contributed by atoms with Crippen molar-refractivity contribution >= 4 is 6.29 Å². The van der Waals surface area contributed by atoms with Gasteiger partial charge in [0.15, 0.2) is 0 Å². The summed E-state index contributed by atoms with van der Waals surface area (Å²) >= 11 is 0. The Hall–Kier alpha value is 0.774. The molecule has 0 bridgehead atoms. The second-order valence-corrected chi connectivity index (χ2v) is 0.144. The molecule has 0 aliphatic rings. The van der Waals surface area contributed by atoms with Crippen molar-refractivity contribution in [3.63, 3.8) is 0 Å². The largest absolute Gasteiger partial charge is 0.542 e. The molecule has 6 heavy (non-hydrogen) atoms. The molecule has 0 atom stereocenters. The van der Waals surface area contributed by atoms with E-state index >= 15 is 0 Å². The maximum Gasteiger partial charge on any atom is 0 e. The Kier molecular flexibility index (Phi) is 69.1. The van der Waals surface area contributed by atoms with Gasteiger partial charge in [0.2, 0.25) is 0 Å². The zero-order valence-corrected chi connectivity index (χ0v) is 6.74. The Bertz CT molecular complexity index is 25.7. The van der Waals surface area contributed by atoms with Crippen LogP contribution in [0.3, 0.4) is 0 Å². The maximum atomic E-state index is 8.86. The van der Waals surface area contributed by atoms with Crippen LogP contribution >= 0.6 is 0 Å². The molecular weight excluding hydrogens is 153 g/mol. The van der Waals surface area contributed by atoms with Gasteiger partial charge in [0, 0.05) is 32.7 Å². The maximum absolute atomic E-state index is 8.86. The molecule has 0 saturated carbocycles. The summed E-state index contributed by atoms with van der Waals surface area (Å²) in [6.45, 7) is 4.76. The van der Waals surface area contributed by atoms with Crippen LogP contribution in [0.5, 0.6) is 0 Å². The van der Waals surface area contributed by atoms with E-state index in [4.69, 9.17) is 6.17 Å². The molecule has 35 valence electrons. The van der Waals surface area contributed by atoms with E-state index in [1.165, 1.54) is 6.29 Å². The predicted octanol–water partition coefficient (Wildman–Crippen LogP) is 0.954. The Morgan fingerprint density at radius 1 is 1.83 bits per heavy atom. The van der Waals surface area contributed by atoms with Gasteiger partial charge in [-0.1, -0.05) is 0 Å². The van der Waals surface area contributed by atoms with Crippen LogP contribution in [0.25, 0.3) is 0 Å². The first-order valence-electron chi connectivity index (χ1n) is 1.97. The van der Waals surface area contributed by atoms with Crippen LogP contribution in [-0.2, 0) is 37.5 Å². The average molecular weight is 163 g/mol. The van der Waals surface area contributed by atoms with Crippen molar-refractivity contribution in [3.05, 3.63) is 6.92 Å². The molecule has 0 aromatic heterocycles. The molecule has 0 fully saturated rings. The SMILES string of the molecule is [3H]C[C-]=O.[CH2-]C.[Y]. The molecule has 0 heterocycles. The van der Waals surface area contributed by atoms with Gasteiger partial charge in [-0.3, -0.25) is 6.29 Å². The van der Waals surface area contributed by atoms with E-state index in [1.54, 1.807) is 6.92 Å². The fourth-order valence-corrected chi connectivity index (χ4v) is 0. The molecule has 0 aliphatic carbocycles. The van der Waals surface area contributed by atoms with Gasteiger partial charge in [-0.2, -0.15) is 13.8 Å². The van der Waals surface area contributed by atoms with Crippen LogP contribution in [0.15, 0.2) is 0 Å². The van der Waals surface area contributed by atoms with Gasteiger partial charge in [-0.25, -0.2) is 0 Å². The van der Waals surface area contributed by atoms with Crippen LogP contribution in [-0.4, -0.2) is 6.29 Å². The van der Waals surface area contributed by atoms with Crippen LogP contribution in [0, 0.1) is 6.92 Å². The summed E-state index contributed by atoms with van der Waals surface area (Å²) in [5.41, 5.74) is 0. The molecule has 0 saturated heterocycles. The number of rotatable bonds is 0. The molecular formula is C4H8OY-2. The molecule has 0 unspecified atom stereocenters. The second kappa shape index (κ2) is 41.8. The fourth-order valence-electron chi connectivity index (χ4n) is 0. The smallest absolute Gasteiger partial charge is 0 e. The molecule has 0 N–H and O–H groups in total. The first-order valence-corrected chi connectivity index (χ1v) is 1.26. The van der Waals surface area contributed by atoms with Crippen LogP contribution in [0.1, 0.15) is 15.2 Å². The minimum Gasteiger partial charge on any atom is -0.542 e. The van der Waals surface area contributed by atoms with Gasteiger partial charge in [0.1, 0.15) is 0 Å². The van der Waals surface area contributed by atoms with E-state index in [-0.39, 0.29) is 39.6 Å². The molecule has 0 aromatic carbocycles. The van der Waals surface area contributed by atoms with E-state index < -0.39 is 0 Å². The van der Waals surface area contributed by atoms with Crippen molar-refractivity contribution in [1.82, 2.24) is 0 Å². The van der Waals surface area contributed by atoms with Gasteiger partial charge in [0.25, 0.3) is 0 Å². The van der Waals surface area contributed by atoms with E-state index in [2.05, 4.69) is 6.92 Å². The van der Waals surface area contributed by atoms with E-state index in [1.807, 2.05) is 0 Å². The van der Waals surface area contributed by atoms with Crippen LogP contribution in [0.4, 0.5) is 0 Å². The topological polar surface area (TPSA) is 17.1 Å². The summed E-state index contributed by atoms with van der Waals surface area (Å²) in [4.78, 5) is 8.86. The van der Waals surface area contributed by atoms with Gasteiger partial charge in [0.05, 0.1) is 0 Å². The number of hydrogen-bond acceptors (Lipinski definition) is 1. The Labute approximate surface area is 65.8 Å². The van der Waals surface area contributed by atoms with Crippen molar-refractivity contribution in [2.24, 2.45) is 0 Å². The van der Waals surface area contributed by atoms with Crippen molar-refractivity contribution < 1.29 is 38.9 Å². The minimum atomic E-state index is -0.236. The first-order chi connectivity index (χ1) is 2.91. The molecule has 1 nitrogen and oxygen atoms in total. The van der Waals surface area contributed by atoms with Crippen molar-refractivity contribution in [2.75, 3.05) is 0 Å². The van der Waals surface area contributed by atoms with Gasteiger partial charge >= 0.3 is 0 Å². The second-order valence-electron chi connectivity index (χ2n) is 0.144. The van der Waals surface area contributed by atoms with Crippen molar-refractivity contribution in [1.29, 1.82) is 0 Å².